The second-order valence-corrected chi connectivity index (χ2v) is 6.15. The fourth-order valence-electron chi connectivity index (χ4n) is 3.12. The number of carbonyl (C=O) groups excluding carboxylic acids is 2. The van der Waals surface area contributed by atoms with Crippen LogP contribution in [-0.2, 0) is 14.3 Å². The van der Waals surface area contributed by atoms with Gasteiger partial charge in [0.2, 0.25) is 0 Å². The van der Waals surface area contributed by atoms with Crippen LogP contribution in [0.2, 0.25) is 0 Å². The van der Waals surface area contributed by atoms with Crippen LogP contribution in [0.25, 0.3) is 0 Å². The number of benzene rings is 2. The van der Waals surface area contributed by atoms with Crippen LogP contribution in [0.4, 0.5) is 5.69 Å². The van der Waals surface area contributed by atoms with Crippen LogP contribution >= 0.6 is 0 Å². The van der Waals surface area contributed by atoms with Gasteiger partial charge in [-0.1, -0.05) is 30.3 Å². The first kappa shape index (κ1) is 17.0. The zero-order valence-corrected chi connectivity index (χ0v) is 14.4. The van der Waals surface area contributed by atoms with Crippen molar-refractivity contribution in [2.45, 2.75) is 19.3 Å². The number of fused-ring (bicyclic) bond motifs is 1. The Morgan fingerprint density at radius 1 is 1.16 bits per heavy atom. The van der Waals surface area contributed by atoms with Crippen LogP contribution in [0.3, 0.4) is 0 Å². The lowest BCUT2D eigenvalue weighted by Gasteiger charge is -2.18. The van der Waals surface area contributed by atoms with E-state index in [1.54, 1.807) is 4.90 Å². The van der Waals surface area contributed by atoms with Crippen molar-refractivity contribution in [2.24, 2.45) is 0 Å². The van der Waals surface area contributed by atoms with Crippen LogP contribution in [0, 0.1) is 6.92 Å². The van der Waals surface area contributed by atoms with E-state index in [1.165, 1.54) is 7.11 Å². The number of ether oxygens (including phenoxy) is 2. The van der Waals surface area contributed by atoms with Gasteiger partial charge < -0.3 is 14.4 Å². The molecule has 0 bridgehead atoms. The largest absolute Gasteiger partial charge is 0.484 e. The lowest BCUT2D eigenvalue weighted by molar-refractivity contribution is -0.141. The number of methoxy groups -OCH3 is 1. The molecule has 1 unspecified atom stereocenters. The number of hydrogen-bond acceptors (Lipinski definition) is 4. The third-order valence-electron chi connectivity index (χ3n) is 4.36. The van der Waals surface area contributed by atoms with Crippen molar-refractivity contribution in [3.63, 3.8) is 0 Å². The van der Waals surface area contributed by atoms with Gasteiger partial charge in [0.05, 0.1) is 13.5 Å². The maximum absolute atomic E-state index is 12.7. The molecule has 0 saturated carbocycles. The quantitative estimate of drug-likeness (QED) is 0.786. The molecule has 2 aromatic rings. The van der Waals surface area contributed by atoms with E-state index in [0.717, 1.165) is 16.8 Å². The van der Waals surface area contributed by atoms with Gasteiger partial charge in [-0.3, -0.25) is 9.59 Å². The van der Waals surface area contributed by atoms with Crippen molar-refractivity contribution in [1.82, 2.24) is 0 Å². The highest BCUT2D eigenvalue weighted by atomic mass is 16.5. The van der Waals surface area contributed by atoms with Crippen LogP contribution in [0.5, 0.6) is 5.75 Å². The molecular weight excluding hydrogens is 318 g/mol. The van der Waals surface area contributed by atoms with E-state index < -0.39 is 0 Å². The molecule has 0 N–H and O–H groups in total. The first-order valence-electron chi connectivity index (χ1n) is 8.24. The zero-order valence-electron chi connectivity index (χ0n) is 14.4. The average molecular weight is 339 g/mol. The fraction of sp³-hybridized carbons (Fsp3) is 0.300. The van der Waals surface area contributed by atoms with Crippen LogP contribution in [-0.4, -0.2) is 32.1 Å². The summed E-state index contributed by atoms with van der Waals surface area (Å²) in [7, 11) is 1.38. The van der Waals surface area contributed by atoms with Crippen molar-refractivity contribution in [1.29, 1.82) is 0 Å². The summed E-state index contributed by atoms with van der Waals surface area (Å²) in [4.78, 5) is 26.0. The van der Waals surface area contributed by atoms with Crippen molar-refractivity contribution in [3.8, 4) is 5.75 Å². The van der Waals surface area contributed by atoms with Crippen molar-refractivity contribution in [3.05, 3.63) is 59.7 Å². The Kier molecular flexibility index (Phi) is 5.03. The molecule has 25 heavy (non-hydrogen) atoms. The first-order valence-corrected chi connectivity index (χ1v) is 8.24. The van der Waals surface area contributed by atoms with E-state index >= 15 is 0 Å². The minimum absolute atomic E-state index is 0.0390. The van der Waals surface area contributed by atoms with Gasteiger partial charge in [-0.25, -0.2) is 0 Å². The number of aryl methyl sites for hydroxylation is 1. The summed E-state index contributed by atoms with van der Waals surface area (Å²) < 4.78 is 10.4. The molecule has 1 heterocycles. The zero-order chi connectivity index (χ0) is 17.8. The molecule has 0 aromatic heterocycles. The van der Waals surface area contributed by atoms with Gasteiger partial charge in [0.25, 0.3) is 5.91 Å². The summed E-state index contributed by atoms with van der Waals surface area (Å²) in [5.74, 6) is 0.227. The normalized spacial score (nSPS) is 15.6. The number of rotatable bonds is 5. The van der Waals surface area contributed by atoms with Gasteiger partial charge in [0, 0.05) is 18.2 Å². The van der Waals surface area contributed by atoms with Gasteiger partial charge >= 0.3 is 5.97 Å². The maximum Gasteiger partial charge on any atom is 0.306 e. The second-order valence-electron chi connectivity index (χ2n) is 6.15. The Hall–Kier alpha value is -2.82. The van der Waals surface area contributed by atoms with E-state index in [0.29, 0.717) is 12.3 Å². The molecule has 0 aliphatic carbocycles. The van der Waals surface area contributed by atoms with Crippen molar-refractivity contribution >= 4 is 17.6 Å². The second kappa shape index (κ2) is 7.38. The van der Waals surface area contributed by atoms with Gasteiger partial charge in [0.15, 0.2) is 6.61 Å². The number of esters is 1. The lowest BCUT2D eigenvalue weighted by atomic mass is 9.98. The number of para-hydroxylation sites is 1. The molecule has 3 rings (SSSR count). The standard InChI is InChI=1S/C20H21NO4/c1-14-6-5-7-16(10-14)25-13-19(22)21-12-15(11-20(23)24-2)17-8-3-4-9-18(17)21/h3-10,15H,11-13H2,1-2H3. The summed E-state index contributed by atoms with van der Waals surface area (Å²) in [5.41, 5.74) is 2.92. The number of amides is 1. The van der Waals surface area contributed by atoms with E-state index in [-0.39, 0.29) is 30.8 Å². The van der Waals surface area contributed by atoms with Gasteiger partial charge in [-0.2, -0.15) is 0 Å². The molecule has 0 fully saturated rings. The predicted molar refractivity (Wildman–Crippen MR) is 94.8 cm³/mol. The third-order valence-corrected chi connectivity index (χ3v) is 4.36. The third kappa shape index (κ3) is 3.82. The smallest absolute Gasteiger partial charge is 0.306 e. The van der Waals surface area contributed by atoms with E-state index in [4.69, 9.17) is 9.47 Å². The minimum atomic E-state index is -0.273. The average Bonchev–Trinajstić information content (AvgIpc) is 2.98. The highest BCUT2D eigenvalue weighted by Gasteiger charge is 2.33. The molecule has 2 aromatic carbocycles. The highest BCUT2D eigenvalue weighted by molar-refractivity contribution is 5.97. The monoisotopic (exact) mass is 339 g/mol. The topological polar surface area (TPSA) is 55.8 Å². The van der Waals surface area contributed by atoms with Gasteiger partial charge in [0.1, 0.15) is 5.75 Å². The predicted octanol–water partition coefficient (Wildman–Crippen LogP) is 3.07. The van der Waals surface area contributed by atoms with E-state index in [1.807, 2.05) is 55.5 Å². The summed E-state index contributed by atoms with van der Waals surface area (Å²) in [6, 6.07) is 15.3. The molecule has 5 nitrogen and oxygen atoms in total. The molecule has 0 radical (unpaired) electrons. The first-order chi connectivity index (χ1) is 12.1. The molecule has 1 aliphatic heterocycles. The summed E-state index contributed by atoms with van der Waals surface area (Å²) >= 11 is 0. The summed E-state index contributed by atoms with van der Waals surface area (Å²) in [5, 5.41) is 0. The molecule has 0 spiro atoms. The lowest BCUT2D eigenvalue weighted by Crippen LogP contribution is -2.34. The minimum Gasteiger partial charge on any atom is -0.484 e. The SMILES string of the molecule is COC(=O)CC1CN(C(=O)COc2cccc(C)c2)c2ccccc21. The summed E-state index contributed by atoms with van der Waals surface area (Å²) in [6.45, 7) is 2.40. The number of anilines is 1. The van der Waals surface area contributed by atoms with Crippen LogP contribution in [0.15, 0.2) is 48.5 Å². The Balaban J connectivity index is 1.71. The van der Waals surface area contributed by atoms with Crippen molar-refractivity contribution in [2.75, 3.05) is 25.2 Å². The van der Waals surface area contributed by atoms with E-state index in [2.05, 4.69) is 0 Å². The number of nitrogens with zero attached hydrogens (tertiary/aromatic N) is 1. The highest BCUT2D eigenvalue weighted by Crippen LogP contribution is 2.38. The van der Waals surface area contributed by atoms with Gasteiger partial charge in [-0.05, 0) is 36.2 Å². The Morgan fingerprint density at radius 2 is 1.96 bits per heavy atom. The van der Waals surface area contributed by atoms with Gasteiger partial charge in [-0.15, -0.1) is 0 Å². The molecule has 0 saturated heterocycles. The van der Waals surface area contributed by atoms with E-state index in [9.17, 15) is 9.59 Å². The number of carbonyl (C=O) groups is 2. The molecule has 1 amide bonds. The molecule has 130 valence electrons. The fourth-order valence-corrected chi connectivity index (χ4v) is 3.12. The van der Waals surface area contributed by atoms with Crippen LogP contribution in [0.1, 0.15) is 23.5 Å². The molecule has 5 heteroatoms. The summed E-state index contributed by atoms with van der Waals surface area (Å²) in [6.07, 6.45) is 0.260. The molecule has 1 atom stereocenters. The number of hydrogen-bond donors (Lipinski definition) is 0. The Morgan fingerprint density at radius 3 is 2.72 bits per heavy atom. The maximum atomic E-state index is 12.7. The van der Waals surface area contributed by atoms with Crippen LogP contribution < -0.4 is 9.64 Å². The Labute approximate surface area is 147 Å². The molecule has 1 aliphatic rings. The Bertz CT molecular complexity index is 787. The van der Waals surface area contributed by atoms with Crippen molar-refractivity contribution < 1.29 is 19.1 Å². The molecular formula is C20H21NO4.